The van der Waals surface area contributed by atoms with Gasteiger partial charge >= 0.3 is 0 Å². The molecule has 1 aromatic heterocycles. The van der Waals surface area contributed by atoms with Gasteiger partial charge in [0.2, 0.25) is 11.5 Å². The van der Waals surface area contributed by atoms with Gasteiger partial charge in [-0.3, -0.25) is 4.79 Å². The van der Waals surface area contributed by atoms with Crippen LogP contribution in [0.2, 0.25) is 0 Å². The zero-order valence-corrected chi connectivity index (χ0v) is 22.2. The second kappa shape index (κ2) is 11.6. The van der Waals surface area contributed by atoms with Crippen molar-refractivity contribution in [2.24, 2.45) is 0 Å². The predicted molar refractivity (Wildman–Crippen MR) is 143 cm³/mol. The van der Waals surface area contributed by atoms with Gasteiger partial charge in [0, 0.05) is 26.2 Å². The van der Waals surface area contributed by atoms with Crippen molar-refractivity contribution in [2.45, 2.75) is 20.0 Å². The number of rotatable bonds is 9. The third-order valence-electron chi connectivity index (χ3n) is 6.19. The van der Waals surface area contributed by atoms with E-state index in [2.05, 4.69) is 5.32 Å². The number of ether oxygens (including phenoxy) is 4. The number of hydrogen-bond acceptors (Lipinski definition) is 8. The molecular formula is C28H32FN3O6. The molecular weight excluding hydrogens is 493 g/mol. The van der Waals surface area contributed by atoms with Gasteiger partial charge in [0.25, 0.3) is 5.52 Å². The highest BCUT2D eigenvalue weighted by Gasteiger charge is 2.28. The average molecular weight is 526 g/mol. The number of hydrogen-bond donors (Lipinski definition) is 1. The van der Waals surface area contributed by atoms with Gasteiger partial charge in [-0.15, -0.1) is 0 Å². The third-order valence-corrected chi connectivity index (χ3v) is 6.19. The van der Waals surface area contributed by atoms with Crippen LogP contribution in [0.25, 0.3) is 17.0 Å². The Labute approximate surface area is 220 Å². The number of pyridine rings is 1. The van der Waals surface area contributed by atoms with Crippen LogP contribution in [0.15, 0.2) is 36.5 Å². The minimum absolute atomic E-state index is 0.112. The second-order valence-electron chi connectivity index (χ2n) is 9.09. The predicted octanol–water partition coefficient (Wildman–Crippen LogP) is 3.73. The Morgan fingerprint density at radius 2 is 1.71 bits per heavy atom. The standard InChI is InChI=1S/C28H32FN3O6/c1-17(2)38-28-25-19(15-21(29)26(28)31-10-8-30-9-11-31)14-20(16-32(25)34)22(33)7-6-18-12-23(35-3)27(37-5)24(13-18)36-4/h6-7,12-17,30H,8-11H2,1-5H3. The van der Waals surface area contributed by atoms with Crippen LogP contribution in [0, 0.1) is 11.0 Å². The summed E-state index contributed by atoms with van der Waals surface area (Å²) in [5.74, 6) is 0.558. The normalized spacial score (nSPS) is 13.8. The van der Waals surface area contributed by atoms with Crippen molar-refractivity contribution in [1.29, 1.82) is 0 Å². The molecule has 1 aliphatic heterocycles. The highest BCUT2D eigenvalue weighted by atomic mass is 19.1. The summed E-state index contributed by atoms with van der Waals surface area (Å²) in [6.45, 7) is 6.19. The lowest BCUT2D eigenvalue weighted by Gasteiger charge is -2.31. The maximum absolute atomic E-state index is 15.5. The van der Waals surface area contributed by atoms with Crippen molar-refractivity contribution in [3.63, 3.8) is 0 Å². The first-order chi connectivity index (χ1) is 18.3. The molecule has 0 unspecified atom stereocenters. The number of piperazine rings is 1. The van der Waals surface area contributed by atoms with Gasteiger partial charge < -0.3 is 34.4 Å². The summed E-state index contributed by atoms with van der Waals surface area (Å²) < 4.78 is 38.1. The lowest BCUT2D eigenvalue weighted by atomic mass is 10.1. The summed E-state index contributed by atoms with van der Waals surface area (Å²) in [5, 5.41) is 16.7. The van der Waals surface area contributed by atoms with Gasteiger partial charge in [0.1, 0.15) is 5.69 Å². The first kappa shape index (κ1) is 27.0. The van der Waals surface area contributed by atoms with E-state index in [0.29, 0.717) is 53.7 Å². The van der Waals surface area contributed by atoms with Crippen molar-refractivity contribution in [3.8, 4) is 23.0 Å². The lowest BCUT2D eigenvalue weighted by molar-refractivity contribution is -0.577. The summed E-state index contributed by atoms with van der Waals surface area (Å²) >= 11 is 0. The monoisotopic (exact) mass is 525 g/mol. The molecule has 1 fully saturated rings. The molecule has 1 aliphatic rings. The molecule has 0 spiro atoms. The summed E-state index contributed by atoms with van der Waals surface area (Å²) in [4.78, 5) is 14.9. The molecule has 0 amide bonds. The Morgan fingerprint density at radius 1 is 1.05 bits per heavy atom. The van der Waals surface area contributed by atoms with Gasteiger partial charge in [0.15, 0.2) is 29.3 Å². The minimum atomic E-state index is -0.507. The van der Waals surface area contributed by atoms with Gasteiger partial charge in [-0.25, -0.2) is 4.39 Å². The van der Waals surface area contributed by atoms with E-state index in [1.165, 1.54) is 45.7 Å². The number of methoxy groups -OCH3 is 3. The number of carbonyl (C=O) groups excluding carboxylic acids is 1. The zero-order valence-electron chi connectivity index (χ0n) is 22.2. The summed E-state index contributed by atoms with van der Waals surface area (Å²) in [5.41, 5.74) is 1.18. The van der Waals surface area contributed by atoms with Crippen LogP contribution in [0.3, 0.4) is 0 Å². The smallest absolute Gasteiger partial charge is 0.268 e. The molecule has 9 nitrogen and oxygen atoms in total. The second-order valence-corrected chi connectivity index (χ2v) is 9.09. The molecule has 0 radical (unpaired) electrons. The van der Waals surface area contributed by atoms with Crippen LogP contribution in [0.4, 0.5) is 10.1 Å². The van der Waals surface area contributed by atoms with E-state index in [0.717, 1.165) is 0 Å². The van der Waals surface area contributed by atoms with Gasteiger partial charge in [0.05, 0.1) is 38.4 Å². The summed E-state index contributed by atoms with van der Waals surface area (Å²) in [6.07, 6.45) is 3.81. The first-order valence-corrected chi connectivity index (χ1v) is 12.3. The van der Waals surface area contributed by atoms with Crippen LogP contribution >= 0.6 is 0 Å². The van der Waals surface area contributed by atoms with Crippen molar-refractivity contribution >= 4 is 28.4 Å². The molecule has 0 atom stereocenters. The molecule has 3 aromatic rings. The largest absolute Gasteiger partial charge is 0.618 e. The van der Waals surface area contributed by atoms with Crippen molar-refractivity contribution in [2.75, 3.05) is 52.4 Å². The molecule has 0 saturated carbocycles. The Balaban J connectivity index is 1.74. The molecule has 202 valence electrons. The highest BCUT2D eigenvalue weighted by Crippen LogP contribution is 2.40. The molecule has 1 saturated heterocycles. The molecule has 10 heteroatoms. The molecule has 1 N–H and O–H groups in total. The average Bonchev–Trinajstić information content (AvgIpc) is 2.90. The van der Waals surface area contributed by atoms with Gasteiger partial charge in [-0.1, -0.05) is 6.08 Å². The van der Waals surface area contributed by atoms with Crippen LogP contribution in [-0.2, 0) is 0 Å². The van der Waals surface area contributed by atoms with Crippen LogP contribution in [0.1, 0.15) is 29.8 Å². The van der Waals surface area contributed by atoms with Crippen LogP contribution in [0.5, 0.6) is 23.0 Å². The van der Waals surface area contributed by atoms with E-state index >= 15 is 4.39 Å². The molecule has 2 heterocycles. The number of nitrogens with one attached hydrogen (secondary N) is 1. The van der Waals surface area contributed by atoms with Crippen molar-refractivity contribution in [1.82, 2.24) is 5.32 Å². The number of fused-ring (bicyclic) bond motifs is 1. The van der Waals surface area contributed by atoms with E-state index in [1.807, 2.05) is 18.7 Å². The SMILES string of the molecule is COc1cc(C=CC(=O)c2cc3cc(F)c(N4CCNCC4)c(OC(C)C)c3[n+]([O-])c2)cc(OC)c1OC. The fourth-order valence-corrected chi connectivity index (χ4v) is 4.49. The Kier molecular flexibility index (Phi) is 8.21. The number of carbonyl (C=O) groups is 1. The van der Waals surface area contributed by atoms with E-state index in [-0.39, 0.29) is 34.0 Å². The fourth-order valence-electron chi connectivity index (χ4n) is 4.49. The summed E-state index contributed by atoms with van der Waals surface area (Å²) in [6, 6.07) is 6.18. The minimum Gasteiger partial charge on any atom is -0.618 e. The number of anilines is 1. The number of ketones is 1. The number of aromatic nitrogens is 1. The first-order valence-electron chi connectivity index (χ1n) is 12.3. The van der Waals surface area contributed by atoms with E-state index in [1.54, 1.807) is 18.2 Å². The molecule has 0 bridgehead atoms. The molecule has 38 heavy (non-hydrogen) atoms. The van der Waals surface area contributed by atoms with E-state index < -0.39 is 11.6 Å². The number of allylic oxidation sites excluding steroid dienone is 1. The maximum Gasteiger partial charge on any atom is 0.268 e. The van der Waals surface area contributed by atoms with Crippen LogP contribution < -0.4 is 33.9 Å². The fraction of sp³-hybridized carbons (Fsp3) is 0.357. The topological polar surface area (TPSA) is 96.2 Å². The molecule has 4 rings (SSSR count). The summed E-state index contributed by atoms with van der Waals surface area (Å²) in [7, 11) is 4.51. The Hall–Kier alpha value is -4.05. The zero-order chi connectivity index (χ0) is 27.4. The molecule has 0 aliphatic carbocycles. The van der Waals surface area contributed by atoms with Crippen molar-refractivity contribution < 1.29 is 32.9 Å². The Morgan fingerprint density at radius 3 is 2.29 bits per heavy atom. The maximum atomic E-state index is 15.5. The lowest BCUT2D eigenvalue weighted by Crippen LogP contribution is -2.44. The van der Waals surface area contributed by atoms with Crippen molar-refractivity contribution in [3.05, 3.63) is 58.7 Å². The quantitative estimate of drug-likeness (QED) is 0.195. The number of halogens is 1. The van der Waals surface area contributed by atoms with E-state index in [4.69, 9.17) is 18.9 Å². The van der Waals surface area contributed by atoms with Gasteiger partial charge in [-0.05, 0) is 49.8 Å². The number of benzene rings is 2. The molecule has 2 aromatic carbocycles. The van der Waals surface area contributed by atoms with Crippen LogP contribution in [-0.4, -0.2) is 59.4 Å². The number of nitrogens with zero attached hydrogens (tertiary/aromatic N) is 2. The van der Waals surface area contributed by atoms with Gasteiger partial charge in [-0.2, -0.15) is 4.73 Å². The van der Waals surface area contributed by atoms with E-state index in [9.17, 15) is 10.0 Å². The third kappa shape index (κ3) is 5.45. The Bertz CT molecular complexity index is 1340. The highest BCUT2D eigenvalue weighted by molar-refractivity contribution is 6.08.